The van der Waals surface area contributed by atoms with E-state index in [1.165, 1.54) is 37.8 Å². The van der Waals surface area contributed by atoms with Gasteiger partial charge in [-0.1, -0.05) is 30.5 Å². The molecule has 18 heavy (non-hydrogen) atoms. The molecule has 2 unspecified atom stereocenters. The van der Waals surface area contributed by atoms with E-state index in [9.17, 15) is 4.39 Å². The molecule has 4 heteroatoms. The maximum absolute atomic E-state index is 13.0. The molecule has 100 valence electrons. The Labute approximate surface area is 117 Å². The van der Waals surface area contributed by atoms with Crippen LogP contribution in [-0.2, 0) is 6.54 Å². The SMILES string of the molecule is CSC1CCCCC1NCc1ccc(F)cc1Cl. The molecule has 1 nitrogen and oxygen atoms in total. The van der Waals surface area contributed by atoms with E-state index in [-0.39, 0.29) is 5.82 Å². The van der Waals surface area contributed by atoms with Gasteiger partial charge in [-0.2, -0.15) is 11.8 Å². The van der Waals surface area contributed by atoms with E-state index in [0.29, 0.717) is 16.3 Å². The van der Waals surface area contributed by atoms with E-state index < -0.39 is 0 Å². The van der Waals surface area contributed by atoms with Crippen LogP contribution in [0.15, 0.2) is 18.2 Å². The van der Waals surface area contributed by atoms with Gasteiger partial charge in [0.1, 0.15) is 5.82 Å². The third-order valence-corrected chi connectivity index (χ3v) is 5.10. The van der Waals surface area contributed by atoms with Gasteiger partial charge in [-0.05, 0) is 36.8 Å². The minimum absolute atomic E-state index is 0.275. The summed E-state index contributed by atoms with van der Waals surface area (Å²) >= 11 is 7.97. The molecule has 0 radical (unpaired) electrons. The first-order chi connectivity index (χ1) is 8.70. The fraction of sp³-hybridized carbons (Fsp3) is 0.571. The Morgan fingerprint density at radius 2 is 2.17 bits per heavy atom. The first-order valence-electron chi connectivity index (χ1n) is 6.41. The van der Waals surface area contributed by atoms with Gasteiger partial charge in [-0.3, -0.25) is 0 Å². The standard InChI is InChI=1S/C14H19ClFNS/c1-18-14-5-3-2-4-13(14)17-9-10-6-7-11(16)8-12(10)15/h6-8,13-14,17H,2-5,9H2,1H3. The Kier molecular flexibility index (Phi) is 5.34. The van der Waals surface area contributed by atoms with Gasteiger partial charge >= 0.3 is 0 Å². The molecule has 1 saturated carbocycles. The summed E-state index contributed by atoms with van der Waals surface area (Å²) in [5.74, 6) is -0.275. The largest absolute Gasteiger partial charge is 0.309 e. The summed E-state index contributed by atoms with van der Waals surface area (Å²) in [7, 11) is 0. The molecule has 0 spiro atoms. The molecule has 1 aliphatic rings. The lowest BCUT2D eigenvalue weighted by atomic mass is 9.94. The zero-order valence-corrected chi connectivity index (χ0v) is 12.2. The van der Waals surface area contributed by atoms with Crippen molar-refractivity contribution < 1.29 is 4.39 Å². The second kappa shape index (κ2) is 6.78. The molecule has 0 aliphatic heterocycles. The predicted molar refractivity (Wildman–Crippen MR) is 77.8 cm³/mol. The molecule has 1 aromatic rings. The van der Waals surface area contributed by atoms with Crippen LogP contribution in [0.3, 0.4) is 0 Å². The minimum atomic E-state index is -0.275. The predicted octanol–water partition coefficient (Wildman–Crippen LogP) is 4.24. The molecule has 1 fully saturated rings. The molecule has 0 saturated heterocycles. The van der Waals surface area contributed by atoms with Crippen LogP contribution in [0.2, 0.25) is 5.02 Å². The number of nitrogens with one attached hydrogen (secondary N) is 1. The fourth-order valence-electron chi connectivity index (χ4n) is 2.52. The molecule has 2 rings (SSSR count). The van der Waals surface area contributed by atoms with Gasteiger partial charge in [-0.25, -0.2) is 4.39 Å². The summed E-state index contributed by atoms with van der Waals surface area (Å²) in [6, 6.07) is 5.16. The zero-order valence-electron chi connectivity index (χ0n) is 10.6. The Balaban J connectivity index is 1.93. The van der Waals surface area contributed by atoms with E-state index >= 15 is 0 Å². The molecule has 2 atom stereocenters. The number of halogens is 2. The average molecular weight is 288 g/mol. The lowest BCUT2D eigenvalue weighted by Gasteiger charge is -2.31. The Bertz CT molecular complexity index is 399. The third kappa shape index (κ3) is 3.62. The monoisotopic (exact) mass is 287 g/mol. The number of rotatable bonds is 4. The van der Waals surface area contributed by atoms with E-state index in [1.807, 2.05) is 11.8 Å². The van der Waals surface area contributed by atoms with Crippen molar-refractivity contribution in [1.82, 2.24) is 5.32 Å². The highest BCUT2D eigenvalue weighted by molar-refractivity contribution is 7.99. The van der Waals surface area contributed by atoms with Crippen molar-refractivity contribution in [3.05, 3.63) is 34.6 Å². The molecular formula is C14H19ClFNS. The van der Waals surface area contributed by atoms with Crippen molar-refractivity contribution in [2.45, 2.75) is 43.5 Å². The first kappa shape index (κ1) is 14.2. The van der Waals surface area contributed by atoms with Gasteiger partial charge in [0.15, 0.2) is 0 Å². The van der Waals surface area contributed by atoms with Crippen molar-refractivity contribution in [2.75, 3.05) is 6.26 Å². The highest BCUT2D eigenvalue weighted by atomic mass is 35.5. The molecule has 1 aromatic carbocycles. The second-order valence-corrected chi connectivity index (χ2v) is 6.27. The third-order valence-electron chi connectivity index (χ3n) is 3.58. The average Bonchev–Trinajstić information content (AvgIpc) is 2.38. The van der Waals surface area contributed by atoms with Gasteiger partial charge < -0.3 is 5.32 Å². The zero-order chi connectivity index (χ0) is 13.0. The van der Waals surface area contributed by atoms with E-state index in [0.717, 1.165) is 12.1 Å². The van der Waals surface area contributed by atoms with Crippen molar-refractivity contribution >= 4 is 23.4 Å². The Morgan fingerprint density at radius 3 is 2.89 bits per heavy atom. The first-order valence-corrected chi connectivity index (χ1v) is 8.07. The van der Waals surface area contributed by atoms with Crippen LogP contribution in [0.25, 0.3) is 0 Å². The highest BCUT2D eigenvalue weighted by Crippen LogP contribution is 2.27. The fourth-order valence-corrected chi connectivity index (χ4v) is 3.72. The van der Waals surface area contributed by atoms with E-state index in [4.69, 9.17) is 11.6 Å². The molecular weight excluding hydrogens is 269 g/mol. The summed E-state index contributed by atoms with van der Waals surface area (Å²) in [4.78, 5) is 0. The molecule has 1 aliphatic carbocycles. The smallest absolute Gasteiger partial charge is 0.124 e. The quantitative estimate of drug-likeness (QED) is 0.889. The van der Waals surface area contributed by atoms with Crippen LogP contribution in [0.5, 0.6) is 0 Å². The normalized spacial score (nSPS) is 24.2. The van der Waals surface area contributed by atoms with Gasteiger partial charge in [-0.15, -0.1) is 0 Å². The van der Waals surface area contributed by atoms with E-state index in [2.05, 4.69) is 11.6 Å². The Hall–Kier alpha value is -0.250. The lowest BCUT2D eigenvalue weighted by Crippen LogP contribution is -2.39. The van der Waals surface area contributed by atoms with Crippen molar-refractivity contribution in [2.24, 2.45) is 0 Å². The maximum atomic E-state index is 13.0. The molecule has 1 N–H and O–H groups in total. The molecule has 0 bridgehead atoms. The molecule has 0 amide bonds. The molecule has 0 heterocycles. The van der Waals surface area contributed by atoms with Crippen molar-refractivity contribution in [3.8, 4) is 0 Å². The van der Waals surface area contributed by atoms with Crippen LogP contribution in [0.4, 0.5) is 4.39 Å². The minimum Gasteiger partial charge on any atom is -0.309 e. The van der Waals surface area contributed by atoms with Gasteiger partial charge in [0.05, 0.1) is 0 Å². The second-order valence-electron chi connectivity index (χ2n) is 4.78. The van der Waals surface area contributed by atoms with Crippen LogP contribution in [0, 0.1) is 5.82 Å². The number of hydrogen-bond donors (Lipinski definition) is 1. The molecule has 0 aromatic heterocycles. The topological polar surface area (TPSA) is 12.0 Å². The number of hydrogen-bond acceptors (Lipinski definition) is 2. The van der Waals surface area contributed by atoms with Gasteiger partial charge in [0, 0.05) is 22.9 Å². The Morgan fingerprint density at radius 1 is 1.39 bits per heavy atom. The maximum Gasteiger partial charge on any atom is 0.124 e. The van der Waals surface area contributed by atoms with E-state index in [1.54, 1.807) is 6.07 Å². The summed E-state index contributed by atoms with van der Waals surface area (Å²) in [5.41, 5.74) is 0.975. The van der Waals surface area contributed by atoms with Crippen LogP contribution >= 0.6 is 23.4 Å². The van der Waals surface area contributed by atoms with Crippen molar-refractivity contribution in [3.63, 3.8) is 0 Å². The summed E-state index contributed by atoms with van der Waals surface area (Å²) < 4.78 is 13.0. The van der Waals surface area contributed by atoms with Crippen LogP contribution in [0.1, 0.15) is 31.2 Å². The van der Waals surface area contributed by atoms with Gasteiger partial charge in [0.2, 0.25) is 0 Å². The van der Waals surface area contributed by atoms with Crippen molar-refractivity contribution in [1.29, 1.82) is 0 Å². The van der Waals surface area contributed by atoms with Crippen LogP contribution < -0.4 is 5.32 Å². The summed E-state index contributed by atoms with van der Waals surface area (Å²) in [5, 5.41) is 4.78. The summed E-state index contributed by atoms with van der Waals surface area (Å²) in [6.45, 7) is 0.723. The van der Waals surface area contributed by atoms with Gasteiger partial charge in [0.25, 0.3) is 0 Å². The summed E-state index contributed by atoms with van der Waals surface area (Å²) in [6.07, 6.45) is 7.32. The number of benzene rings is 1. The lowest BCUT2D eigenvalue weighted by molar-refractivity contribution is 0.383. The number of thioether (sulfide) groups is 1. The van der Waals surface area contributed by atoms with Crippen LogP contribution in [-0.4, -0.2) is 17.5 Å². The highest BCUT2D eigenvalue weighted by Gasteiger charge is 2.23.